The van der Waals surface area contributed by atoms with Crippen molar-refractivity contribution in [1.29, 1.82) is 0 Å². The van der Waals surface area contributed by atoms with Gasteiger partial charge in [0.05, 0.1) is 17.7 Å². The van der Waals surface area contributed by atoms with Crippen LogP contribution in [-0.4, -0.2) is 15.2 Å². The lowest BCUT2D eigenvalue weighted by Crippen LogP contribution is -2.07. The minimum atomic E-state index is -4.52. The Kier molecular flexibility index (Phi) is 3.69. The van der Waals surface area contributed by atoms with Crippen LogP contribution in [0.25, 0.3) is 22.0 Å². The molecule has 0 spiro atoms. The van der Waals surface area contributed by atoms with Crippen molar-refractivity contribution in [3.63, 3.8) is 0 Å². The van der Waals surface area contributed by atoms with E-state index in [2.05, 4.69) is 4.98 Å². The Morgan fingerprint density at radius 1 is 1.04 bits per heavy atom. The number of rotatable bonds is 2. The number of para-hydroxylation sites is 1. The molecule has 23 heavy (non-hydrogen) atoms. The Balaban J connectivity index is 2.40. The molecule has 3 aromatic rings. The van der Waals surface area contributed by atoms with E-state index in [0.717, 1.165) is 6.07 Å². The molecular formula is C17H12F3NO2. The molecule has 0 aliphatic rings. The molecule has 2 N–H and O–H groups in total. The lowest BCUT2D eigenvalue weighted by molar-refractivity contribution is -0.136. The lowest BCUT2D eigenvalue weighted by atomic mass is 9.95. The van der Waals surface area contributed by atoms with Gasteiger partial charge in [-0.2, -0.15) is 13.2 Å². The van der Waals surface area contributed by atoms with Crippen LogP contribution in [0.15, 0.2) is 48.7 Å². The second-order valence-electron chi connectivity index (χ2n) is 5.07. The van der Waals surface area contributed by atoms with E-state index in [4.69, 9.17) is 0 Å². The fraction of sp³-hybridized carbons (Fsp3) is 0.118. The molecular weight excluding hydrogens is 307 g/mol. The van der Waals surface area contributed by atoms with Crippen LogP contribution in [0.4, 0.5) is 13.2 Å². The van der Waals surface area contributed by atoms with E-state index in [1.54, 1.807) is 12.1 Å². The maximum absolute atomic E-state index is 13.2. The summed E-state index contributed by atoms with van der Waals surface area (Å²) in [5.74, 6) is -0.0108. The van der Waals surface area contributed by atoms with Crippen LogP contribution in [0.2, 0.25) is 0 Å². The molecule has 0 unspecified atom stereocenters. The molecule has 3 nitrogen and oxygen atoms in total. The Morgan fingerprint density at radius 3 is 2.43 bits per heavy atom. The Labute approximate surface area is 129 Å². The molecule has 1 heterocycles. The number of hydrogen-bond acceptors (Lipinski definition) is 3. The van der Waals surface area contributed by atoms with Crippen molar-refractivity contribution in [2.75, 3.05) is 0 Å². The van der Waals surface area contributed by atoms with Gasteiger partial charge in [-0.25, -0.2) is 0 Å². The van der Waals surface area contributed by atoms with Crippen LogP contribution in [0, 0.1) is 0 Å². The van der Waals surface area contributed by atoms with Crippen LogP contribution < -0.4 is 0 Å². The summed E-state index contributed by atoms with van der Waals surface area (Å²) in [5, 5.41) is 19.4. The first kappa shape index (κ1) is 15.3. The molecule has 3 rings (SSSR count). The highest BCUT2D eigenvalue weighted by atomic mass is 19.4. The maximum Gasteiger partial charge on any atom is 0.418 e. The standard InChI is InChI=1S/C17H12F3NO2/c18-17(19,20)14-6-2-5-13-15(10-3-1-4-12(23)7-10)11(9-22)8-21-16(13)14/h1-8,22-23H,9H2. The number of phenolic OH excluding ortho intramolecular Hbond substituents is 1. The molecule has 0 atom stereocenters. The van der Waals surface area contributed by atoms with Crippen LogP contribution in [0.1, 0.15) is 11.1 Å². The molecule has 2 aromatic carbocycles. The topological polar surface area (TPSA) is 53.4 Å². The average Bonchev–Trinajstić information content (AvgIpc) is 2.52. The number of benzene rings is 2. The van der Waals surface area contributed by atoms with Crippen molar-refractivity contribution in [3.8, 4) is 16.9 Å². The Hall–Kier alpha value is -2.60. The second-order valence-corrected chi connectivity index (χ2v) is 5.07. The summed E-state index contributed by atoms with van der Waals surface area (Å²) in [6.45, 7) is -0.371. The number of nitrogens with zero attached hydrogens (tertiary/aromatic N) is 1. The Morgan fingerprint density at radius 2 is 1.78 bits per heavy atom. The van der Waals surface area contributed by atoms with Gasteiger partial charge in [0.1, 0.15) is 5.75 Å². The first-order valence-corrected chi connectivity index (χ1v) is 6.80. The third-order valence-corrected chi connectivity index (χ3v) is 3.59. The average molecular weight is 319 g/mol. The molecule has 0 aliphatic heterocycles. The molecule has 0 bridgehead atoms. The first-order valence-electron chi connectivity index (χ1n) is 6.80. The van der Waals surface area contributed by atoms with E-state index < -0.39 is 11.7 Å². The van der Waals surface area contributed by atoms with Crippen molar-refractivity contribution >= 4 is 10.9 Å². The van der Waals surface area contributed by atoms with Gasteiger partial charge in [0.25, 0.3) is 0 Å². The summed E-state index contributed by atoms with van der Waals surface area (Å²) in [7, 11) is 0. The molecule has 118 valence electrons. The van der Waals surface area contributed by atoms with Gasteiger partial charge in [-0.3, -0.25) is 4.98 Å². The van der Waals surface area contributed by atoms with Crippen LogP contribution in [0.3, 0.4) is 0 Å². The number of fused-ring (bicyclic) bond motifs is 1. The summed E-state index contributed by atoms with van der Waals surface area (Å²) >= 11 is 0. The maximum atomic E-state index is 13.2. The Bertz CT molecular complexity index is 875. The largest absolute Gasteiger partial charge is 0.508 e. The zero-order valence-corrected chi connectivity index (χ0v) is 11.8. The molecule has 0 radical (unpaired) electrons. The lowest BCUT2D eigenvalue weighted by Gasteiger charge is -2.15. The normalized spacial score (nSPS) is 11.8. The predicted octanol–water partition coefficient (Wildman–Crippen LogP) is 4.12. The second kappa shape index (κ2) is 5.55. The summed E-state index contributed by atoms with van der Waals surface area (Å²) in [6, 6.07) is 9.96. The molecule has 0 amide bonds. The number of hydrogen-bond donors (Lipinski definition) is 2. The van der Waals surface area contributed by atoms with E-state index in [1.807, 2.05) is 0 Å². The number of pyridine rings is 1. The third kappa shape index (κ3) is 2.73. The highest BCUT2D eigenvalue weighted by Crippen LogP contribution is 2.38. The number of alkyl halides is 3. The van der Waals surface area contributed by atoms with Crippen LogP contribution in [0.5, 0.6) is 5.75 Å². The minimum absolute atomic E-state index is 0.0108. The van der Waals surface area contributed by atoms with Crippen molar-refractivity contribution in [1.82, 2.24) is 4.98 Å². The van der Waals surface area contributed by atoms with Crippen molar-refractivity contribution in [3.05, 3.63) is 59.8 Å². The van der Waals surface area contributed by atoms with Crippen LogP contribution in [-0.2, 0) is 12.8 Å². The molecule has 0 aliphatic carbocycles. The van der Waals surface area contributed by atoms with Gasteiger partial charge in [0.2, 0.25) is 0 Å². The molecule has 6 heteroatoms. The summed E-state index contributed by atoms with van der Waals surface area (Å²) < 4.78 is 39.5. The van der Waals surface area contributed by atoms with Crippen molar-refractivity contribution in [2.45, 2.75) is 12.8 Å². The quantitative estimate of drug-likeness (QED) is 0.747. The third-order valence-electron chi connectivity index (χ3n) is 3.59. The van der Waals surface area contributed by atoms with E-state index in [0.29, 0.717) is 16.7 Å². The number of aliphatic hydroxyl groups excluding tert-OH is 1. The summed E-state index contributed by atoms with van der Waals surface area (Å²) in [5.41, 5.74) is 0.319. The highest BCUT2D eigenvalue weighted by Gasteiger charge is 2.33. The number of aromatic nitrogens is 1. The van der Waals surface area contributed by atoms with E-state index >= 15 is 0 Å². The molecule has 1 aromatic heterocycles. The monoisotopic (exact) mass is 319 g/mol. The van der Waals surface area contributed by atoms with Gasteiger partial charge in [-0.05, 0) is 29.3 Å². The summed E-state index contributed by atoms with van der Waals surface area (Å²) in [6.07, 6.45) is -3.29. The fourth-order valence-electron chi connectivity index (χ4n) is 2.62. The summed E-state index contributed by atoms with van der Waals surface area (Å²) in [4.78, 5) is 3.88. The van der Waals surface area contributed by atoms with Gasteiger partial charge >= 0.3 is 6.18 Å². The van der Waals surface area contributed by atoms with Gasteiger partial charge in [-0.1, -0.05) is 24.3 Å². The molecule has 0 saturated carbocycles. The minimum Gasteiger partial charge on any atom is -0.508 e. The fourth-order valence-corrected chi connectivity index (χ4v) is 2.62. The molecule has 0 saturated heterocycles. The van der Waals surface area contributed by atoms with Crippen molar-refractivity contribution < 1.29 is 23.4 Å². The van der Waals surface area contributed by atoms with Crippen LogP contribution >= 0.6 is 0 Å². The van der Waals surface area contributed by atoms with E-state index in [1.165, 1.54) is 30.5 Å². The van der Waals surface area contributed by atoms with Gasteiger partial charge in [0.15, 0.2) is 0 Å². The van der Waals surface area contributed by atoms with Crippen molar-refractivity contribution in [2.24, 2.45) is 0 Å². The van der Waals surface area contributed by atoms with Gasteiger partial charge in [0, 0.05) is 17.1 Å². The zero-order chi connectivity index (χ0) is 16.6. The zero-order valence-electron chi connectivity index (χ0n) is 11.8. The smallest absolute Gasteiger partial charge is 0.418 e. The first-order chi connectivity index (χ1) is 10.9. The van der Waals surface area contributed by atoms with E-state index in [9.17, 15) is 23.4 Å². The van der Waals surface area contributed by atoms with Gasteiger partial charge in [-0.15, -0.1) is 0 Å². The highest BCUT2D eigenvalue weighted by molar-refractivity contribution is 5.97. The molecule has 0 fully saturated rings. The SMILES string of the molecule is OCc1cnc2c(C(F)(F)F)cccc2c1-c1cccc(O)c1. The number of phenols is 1. The van der Waals surface area contributed by atoms with Gasteiger partial charge < -0.3 is 10.2 Å². The van der Waals surface area contributed by atoms with E-state index in [-0.39, 0.29) is 23.3 Å². The number of aromatic hydroxyl groups is 1. The number of halogens is 3. The predicted molar refractivity (Wildman–Crippen MR) is 79.8 cm³/mol. The number of aliphatic hydroxyl groups is 1.